The molecule has 2 aliphatic rings. The van der Waals surface area contributed by atoms with Crippen LogP contribution in [0.2, 0.25) is 0 Å². The molecule has 0 amide bonds. The van der Waals surface area contributed by atoms with Gasteiger partial charge in [-0.15, -0.1) is 0 Å². The van der Waals surface area contributed by atoms with Gasteiger partial charge in [0.2, 0.25) is 0 Å². The molecular weight excluding hydrogens is 218 g/mol. The van der Waals surface area contributed by atoms with Gasteiger partial charge in [0.05, 0.1) is 0 Å². The van der Waals surface area contributed by atoms with E-state index in [-0.39, 0.29) is 0 Å². The lowest BCUT2D eigenvalue weighted by Gasteiger charge is -2.31. The smallest absolute Gasteiger partial charge is 0.0108 e. The Morgan fingerprint density at radius 3 is 2.50 bits per heavy atom. The van der Waals surface area contributed by atoms with Crippen molar-refractivity contribution >= 4 is 11.8 Å². The first-order chi connectivity index (χ1) is 7.84. The topological polar surface area (TPSA) is 18.5 Å². The number of hydrogen-bond donors (Lipinski definition) is 1. The third kappa shape index (κ3) is 4.24. The van der Waals surface area contributed by atoms with Crippen molar-refractivity contribution in [2.45, 2.75) is 18.9 Å². The highest BCUT2D eigenvalue weighted by molar-refractivity contribution is 7.99. The Morgan fingerprint density at radius 1 is 1.12 bits per heavy atom. The average molecular weight is 243 g/mol. The molecule has 0 aliphatic carbocycles. The first-order valence-electron chi connectivity index (χ1n) is 6.56. The number of nitrogens with one attached hydrogen (secondary N) is 1. The number of hydrogen-bond acceptors (Lipinski definition) is 4. The molecule has 0 bridgehead atoms. The van der Waals surface area contributed by atoms with Crippen LogP contribution in [-0.4, -0.2) is 73.7 Å². The van der Waals surface area contributed by atoms with Crippen molar-refractivity contribution in [1.29, 1.82) is 0 Å². The molecule has 16 heavy (non-hydrogen) atoms. The summed E-state index contributed by atoms with van der Waals surface area (Å²) in [6, 6.07) is 0.773. The van der Waals surface area contributed by atoms with E-state index in [1.165, 1.54) is 63.6 Å². The van der Waals surface area contributed by atoms with Crippen LogP contribution >= 0.6 is 11.8 Å². The molecule has 0 aromatic rings. The summed E-state index contributed by atoms with van der Waals surface area (Å²) in [5.74, 6) is 2.66. The van der Waals surface area contributed by atoms with Crippen molar-refractivity contribution in [2.24, 2.45) is 0 Å². The molecular formula is C12H25N3S. The normalized spacial score (nSPS) is 26.1. The molecule has 0 radical (unpaired) electrons. The van der Waals surface area contributed by atoms with Crippen LogP contribution < -0.4 is 5.32 Å². The van der Waals surface area contributed by atoms with E-state index in [9.17, 15) is 0 Å². The van der Waals surface area contributed by atoms with Crippen LogP contribution in [0.1, 0.15) is 12.8 Å². The first-order valence-corrected chi connectivity index (χ1v) is 7.72. The van der Waals surface area contributed by atoms with Crippen LogP contribution in [0.25, 0.3) is 0 Å². The van der Waals surface area contributed by atoms with Gasteiger partial charge in [-0.2, -0.15) is 11.8 Å². The third-order valence-electron chi connectivity index (χ3n) is 3.68. The lowest BCUT2D eigenvalue weighted by molar-refractivity contribution is 0.226. The monoisotopic (exact) mass is 243 g/mol. The number of piperidine rings is 1. The van der Waals surface area contributed by atoms with Gasteiger partial charge in [0.25, 0.3) is 0 Å². The summed E-state index contributed by atoms with van der Waals surface area (Å²) in [5, 5.41) is 3.71. The van der Waals surface area contributed by atoms with Crippen molar-refractivity contribution in [3.8, 4) is 0 Å². The van der Waals surface area contributed by atoms with Crippen LogP contribution in [-0.2, 0) is 0 Å². The highest BCUT2D eigenvalue weighted by Crippen LogP contribution is 2.09. The molecule has 0 unspecified atom stereocenters. The number of thioether (sulfide) groups is 1. The molecule has 2 heterocycles. The van der Waals surface area contributed by atoms with Crippen LogP contribution in [0.15, 0.2) is 0 Å². The van der Waals surface area contributed by atoms with E-state index in [1.807, 2.05) is 0 Å². The van der Waals surface area contributed by atoms with Crippen molar-refractivity contribution in [2.75, 3.05) is 57.8 Å². The van der Waals surface area contributed by atoms with Crippen molar-refractivity contribution in [3.63, 3.8) is 0 Å². The molecule has 94 valence electrons. The SMILES string of the molecule is CN1CCC(NCCN2CCSCC2)CC1. The zero-order chi connectivity index (χ0) is 11.2. The molecule has 0 spiro atoms. The van der Waals surface area contributed by atoms with E-state index in [0.717, 1.165) is 6.04 Å². The summed E-state index contributed by atoms with van der Waals surface area (Å²) < 4.78 is 0. The minimum absolute atomic E-state index is 0.773. The molecule has 1 N–H and O–H groups in total. The molecule has 2 aliphatic heterocycles. The lowest BCUT2D eigenvalue weighted by atomic mass is 10.1. The number of likely N-dealkylation sites (tertiary alicyclic amines) is 1. The molecule has 4 heteroatoms. The number of rotatable bonds is 4. The maximum Gasteiger partial charge on any atom is 0.0108 e. The molecule has 0 atom stereocenters. The fourth-order valence-corrected chi connectivity index (χ4v) is 3.44. The number of nitrogens with zero attached hydrogens (tertiary/aromatic N) is 2. The fourth-order valence-electron chi connectivity index (χ4n) is 2.46. The molecule has 0 aromatic carbocycles. The van der Waals surface area contributed by atoms with Crippen molar-refractivity contribution in [1.82, 2.24) is 15.1 Å². The summed E-state index contributed by atoms with van der Waals surface area (Å²) in [7, 11) is 2.22. The largest absolute Gasteiger partial charge is 0.313 e. The Morgan fingerprint density at radius 2 is 1.81 bits per heavy atom. The standard InChI is InChI=1S/C12H25N3S/c1-14-5-2-12(3-6-14)13-4-7-15-8-10-16-11-9-15/h12-13H,2-11H2,1H3. The summed E-state index contributed by atoms with van der Waals surface area (Å²) in [6.07, 6.45) is 2.65. The zero-order valence-corrected chi connectivity index (χ0v) is 11.3. The first kappa shape index (κ1) is 12.7. The summed E-state index contributed by atoms with van der Waals surface area (Å²) in [5.41, 5.74) is 0. The second kappa shape index (κ2) is 6.84. The predicted molar refractivity (Wildman–Crippen MR) is 72.3 cm³/mol. The Kier molecular flexibility index (Phi) is 5.42. The second-order valence-corrected chi connectivity index (χ2v) is 6.21. The summed E-state index contributed by atoms with van der Waals surface area (Å²) in [6.45, 7) is 7.53. The maximum absolute atomic E-state index is 3.71. The van der Waals surface area contributed by atoms with Gasteiger partial charge in [-0.05, 0) is 33.0 Å². The molecule has 2 fully saturated rings. The van der Waals surface area contributed by atoms with Crippen LogP contribution in [0.5, 0.6) is 0 Å². The van der Waals surface area contributed by atoms with Crippen LogP contribution in [0.4, 0.5) is 0 Å². The Bertz CT molecular complexity index is 187. The summed E-state index contributed by atoms with van der Waals surface area (Å²) >= 11 is 2.09. The second-order valence-electron chi connectivity index (χ2n) is 4.99. The van der Waals surface area contributed by atoms with E-state index in [1.54, 1.807) is 0 Å². The van der Waals surface area contributed by atoms with Gasteiger partial charge >= 0.3 is 0 Å². The Labute approximate surface area is 104 Å². The van der Waals surface area contributed by atoms with Gasteiger partial charge < -0.3 is 15.1 Å². The van der Waals surface area contributed by atoms with Gasteiger partial charge in [0, 0.05) is 43.7 Å². The van der Waals surface area contributed by atoms with Crippen LogP contribution in [0.3, 0.4) is 0 Å². The van der Waals surface area contributed by atoms with Gasteiger partial charge in [0.1, 0.15) is 0 Å². The molecule has 0 saturated carbocycles. The van der Waals surface area contributed by atoms with Crippen LogP contribution in [0, 0.1) is 0 Å². The lowest BCUT2D eigenvalue weighted by Crippen LogP contribution is -2.44. The molecule has 2 saturated heterocycles. The van der Waals surface area contributed by atoms with E-state index in [0.29, 0.717) is 0 Å². The van der Waals surface area contributed by atoms with Gasteiger partial charge in [-0.25, -0.2) is 0 Å². The average Bonchev–Trinajstić information content (AvgIpc) is 2.33. The maximum atomic E-state index is 3.71. The minimum Gasteiger partial charge on any atom is -0.313 e. The zero-order valence-electron chi connectivity index (χ0n) is 10.5. The highest BCUT2D eigenvalue weighted by Gasteiger charge is 2.16. The fraction of sp³-hybridized carbons (Fsp3) is 1.00. The molecule has 0 aromatic heterocycles. The van der Waals surface area contributed by atoms with E-state index in [4.69, 9.17) is 0 Å². The Hall–Kier alpha value is 0.230. The quantitative estimate of drug-likeness (QED) is 0.784. The van der Waals surface area contributed by atoms with Crippen molar-refractivity contribution in [3.05, 3.63) is 0 Å². The van der Waals surface area contributed by atoms with E-state index >= 15 is 0 Å². The van der Waals surface area contributed by atoms with Gasteiger partial charge in [-0.3, -0.25) is 0 Å². The molecule has 3 nitrogen and oxygen atoms in total. The minimum atomic E-state index is 0.773. The van der Waals surface area contributed by atoms with E-state index in [2.05, 4.69) is 33.9 Å². The van der Waals surface area contributed by atoms with E-state index < -0.39 is 0 Å². The highest BCUT2D eigenvalue weighted by atomic mass is 32.2. The third-order valence-corrected chi connectivity index (χ3v) is 4.63. The predicted octanol–water partition coefficient (Wildman–Crippen LogP) is 0.719. The molecule has 2 rings (SSSR count). The van der Waals surface area contributed by atoms with Crippen molar-refractivity contribution < 1.29 is 0 Å². The van der Waals surface area contributed by atoms with Gasteiger partial charge in [0.15, 0.2) is 0 Å². The Balaban J connectivity index is 1.53. The summed E-state index contributed by atoms with van der Waals surface area (Å²) in [4.78, 5) is 5.03. The van der Waals surface area contributed by atoms with Gasteiger partial charge in [-0.1, -0.05) is 0 Å².